The first kappa shape index (κ1) is 14.0. The van der Waals surface area contributed by atoms with Crippen LogP contribution in [0.25, 0.3) is 0 Å². The largest absolute Gasteiger partial charge is 0.394 e. The van der Waals surface area contributed by atoms with Crippen molar-refractivity contribution in [2.24, 2.45) is 0 Å². The number of hydrogen-bond acceptors (Lipinski definition) is 4. The summed E-state index contributed by atoms with van der Waals surface area (Å²) in [6.45, 7) is 6.62. The maximum Gasteiger partial charge on any atom is 0.123 e. The summed E-state index contributed by atoms with van der Waals surface area (Å²) in [4.78, 5) is 0. The minimum Gasteiger partial charge on any atom is -0.394 e. The highest BCUT2D eigenvalue weighted by molar-refractivity contribution is 5.18. The topological polar surface area (TPSA) is 54.5 Å². The molecule has 4 heteroatoms. The Labute approximate surface area is 119 Å². The fraction of sp³-hybridized carbons (Fsp3) is 0.625. The number of aliphatic hydroxyl groups is 1. The van der Waals surface area contributed by atoms with Gasteiger partial charge in [0.1, 0.15) is 23.4 Å². The predicted octanol–water partition coefficient (Wildman–Crippen LogP) is 1.90. The Morgan fingerprint density at radius 2 is 1.85 bits per heavy atom. The summed E-state index contributed by atoms with van der Waals surface area (Å²) in [6.07, 6.45) is -0.178. The van der Waals surface area contributed by atoms with Crippen LogP contribution < -0.4 is 0 Å². The summed E-state index contributed by atoms with van der Waals surface area (Å²) in [5, 5.41) is 9.31. The molecule has 0 radical (unpaired) electrons. The van der Waals surface area contributed by atoms with E-state index in [0.29, 0.717) is 6.61 Å². The van der Waals surface area contributed by atoms with Crippen molar-refractivity contribution in [1.29, 1.82) is 0 Å². The zero-order valence-corrected chi connectivity index (χ0v) is 12.2. The van der Waals surface area contributed by atoms with E-state index in [-0.39, 0.29) is 30.5 Å². The fourth-order valence-electron chi connectivity index (χ4n) is 3.00. The van der Waals surface area contributed by atoms with Gasteiger partial charge in [0, 0.05) is 0 Å². The molecule has 20 heavy (non-hydrogen) atoms. The van der Waals surface area contributed by atoms with Crippen LogP contribution in [0.3, 0.4) is 0 Å². The Kier molecular flexibility index (Phi) is 3.37. The summed E-state index contributed by atoms with van der Waals surface area (Å²) >= 11 is 0. The monoisotopic (exact) mass is 278 g/mol. The number of epoxide rings is 2. The van der Waals surface area contributed by atoms with Gasteiger partial charge in [0.15, 0.2) is 0 Å². The van der Waals surface area contributed by atoms with Crippen molar-refractivity contribution >= 4 is 0 Å². The van der Waals surface area contributed by atoms with Gasteiger partial charge in [-0.05, 0) is 26.3 Å². The van der Waals surface area contributed by atoms with E-state index in [9.17, 15) is 5.11 Å². The van der Waals surface area contributed by atoms with Gasteiger partial charge >= 0.3 is 0 Å². The quantitative estimate of drug-likeness (QED) is 0.808. The molecule has 2 heterocycles. The van der Waals surface area contributed by atoms with Crippen LogP contribution in [-0.4, -0.2) is 41.2 Å². The first-order valence-electron chi connectivity index (χ1n) is 7.12. The van der Waals surface area contributed by atoms with Gasteiger partial charge in [-0.15, -0.1) is 0 Å². The van der Waals surface area contributed by atoms with Crippen LogP contribution in [-0.2, 0) is 20.8 Å². The second-order valence-electron chi connectivity index (χ2n) is 6.09. The van der Waals surface area contributed by atoms with Crippen molar-refractivity contribution < 1.29 is 19.3 Å². The zero-order chi connectivity index (χ0) is 14.4. The van der Waals surface area contributed by atoms with E-state index in [0.717, 1.165) is 5.56 Å². The molecule has 2 saturated heterocycles. The third-order valence-electron chi connectivity index (χ3n) is 4.63. The first-order valence-corrected chi connectivity index (χ1v) is 7.12. The van der Waals surface area contributed by atoms with Crippen LogP contribution in [0.15, 0.2) is 30.3 Å². The highest BCUT2D eigenvalue weighted by Crippen LogP contribution is 2.52. The van der Waals surface area contributed by atoms with Crippen molar-refractivity contribution in [3.05, 3.63) is 35.9 Å². The Balaban J connectivity index is 1.71. The van der Waals surface area contributed by atoms with E-state index in [2.05, 4.69) is 6.92 Å². The molecule has 0 aliphatic carbocycles. The maximum absolute atomic E-state index is 9.31. The Morgan fingerprint density at radius 3 is 2.35 bits per heavy atom. The molecular weight excluding hydrogens is 256 g/mol. The third-order valence-corrected chi connectivity index (χ3v) is 4.63. The molecular formula is C16H22O4. The summed E-state index contributed by atoms with van der Waals surface area (Å²) in [5.41, 5.74) is 0.343. The van der Waals surface area contributed by atoms with Crippen LogP contribution in [0.2, 0.25) is 0 Å². The smallest absolute Gasteiger partial charge is 0.123 e. The van der Waals surface area contributed by atoms with Gasteiger partial charge in [-0.25, -0.2) is 0 Å². The minimum atomic E-state index is -0.455. The van der Waals surface area contributed by atoms with Gasteiger partial charge in [0.2, 0.25) is 0 Å². The van der Waals surface area contributed by atoms with Crippen molar-refractivity contribution in [3.63, 3.8) is 0 Å². The average molecular weight is 278 g/mol. The van der Waals surface area contributed by atoms with Gasteiger partial charge in [-0.1, -0.05) is 30.3 Å². The Hall–Kier alpha value is -0.940. The lowest BCUT2D eigenvalue weighted by molar-refractivity contribution is -0.0519. The molecule has 2 aliphatic heterocycles. The van der Waals surface area contributed by atoms with Gasteiger partial charge in [-0.3, -0.25) is 0 Å². The summed E-state index contributed by atoms with van der Waals surface area (Å²) in [6, 6.07) is 10.1. The van der Waals surface area contributed by atoms with Gasteiger partial charge < -0.3 is 19.3 Å². The zero-order valence-electron chi connectivity index (χ0n) is 12.2. The minimum absolute atomic E-state index is 0.0200. The van der Waals surface area contributed by atoms with Crippen molar-refractivity contribution in [1.82, 2.24) is 0 Å². The predicted molar refractivity (Wildman–Crippen MR) is 74.3 cm³/mol. The van der Waals surface area contributed by atoms with Crippen LogP contribution in [0, 0.1) is 0 Å². The van der Waals surface area contributed by atoms with Crippen LogP contribution in [0.1, 0.15) is 26.3 Å². The van der Waals surface area contributed by atoms with Crippen LogP contribution in [0.4, 0.5) is 0 Å². The molecule has 4 nitrogen and oxygen atoms in total. The highest BCUT2D eigenvalue weighted by atomic mass is 16.7. The normalized spacial score (nSPS) is 40.4. The number of ether oxygens (including phenoxy) is 3. The molecule has 1 N–H and O–H groups in total. The van der Waals surface area contributed by atoms with E-state index >= 15 is 0 Å². The molecule has 2 fully saturated rings. The molecule has 0 amide bonds. The Morgan fingerprint density at radius 1 is 1.20 bits per heavy atom. The van der Waals surface area contributed by atoms with Crippen LogP contribution in [0.5, 0.6) is 0 Å². The standard InChI is InChI=1S/C16H22O4/c1-11-15(2,19-11)14(16(3)13(9-17)20-16)18-10-12-7-5-4-6-8-12/h4-8,11,13-14,17H,9-10H2,1-3H3/t11-,13+,14+,15+,16+/m1/s1. The van der Waals surface area contributed by atoms with Crippen molar-refractivity contribution in [2.75, 3.05) is 6.61 Å². The lowest BCUT2D eigenvalue weighted by Crippen LogP contribution is -2.44. The third kappa shape index (κ3) is 2.27. The fourth-order valence-corrected chi connectivity index (χ4v) is 3.00. The number of hydrogen-bond donors (Lipinski definition) is 1. The molecule has 3 rings (SSSR count). The molecule has 0 spiro atoms. The molecule has 2 aliphatic rings. The van der Waals surface area contributed by atoms with E-state index in [1.165, 1.54) is 0 Å². The lowest BCUT2D eigenvalue weighted by atomic mass is 9.88. The van der Waals surface area contributed by atoms with Gasteiger partial charge in [-0.2, -0.15) is 0 Å². The molecule has 5 atom stereocenters. The number of rotatable bonds is 6. The van der Waals surface area contributed by atoms with Gasteiger partial charge in [0.25, 0.3) is 0 Å². The maximum atomic E-state index is 9.31. The molecule has 0 unspecified atom stereocenters. The first-order chi connectivity index (χ1) is 9.50. The van der Waals surface area contributed by atoms with Gasteiger partial charge in [0.05, 0.1) is 19.3 Å². The average Bonchev–Trinajstić information content (AvgIpc) is 3.28. The van der Waals surface area contributed by atoms with Crippen molar-refractivity contribution in [3.8, 4) is 0 Å². The van der Waals surface area contributed by atoms with Crippen LogP contribution >= 0.6 is 0 Å². The molecule has 0 bridgehead atoms. The molecule has 1 aromatic rings. The lowest BCUT2D eigenvalue weighted by Gasteiger charge is -2.26. The van der Waals surface area contributed by atoms with E-state index in [4.69, 9.17) is 14.2 Å². The summed E-state index contributed by atoms with van der Waals surface area (Å²) < 4.78 is 17.5. The molecule has 0 saturated carbocycles. The molecule has 1 aromatic carbocycles. The SMILES string of the molecule is C[C@H]1O[C@]1(C)[C@H](OCc1ccccc1)[C@@]1(C)O[C@H]1CO. The Bertz CT molecular complexity index is 477. The van der Waals surface area contributed by atoms with E-state index in [1.54, 1.807) is 0 Å². The number of benzene rings is 1. The highest BCUT2D eigenvalue weighted by Gasteiger charge is 2.69. The van der Waals surface area contributed by atoms with Crippen molar-refractivity contribution in [2.45, 2.75) is 56.9 Å². The molecule has 110 valence electrons. The second-order valence-corrected chi connectivity index (χ2v) is 6.09. The number of aliphatic hydroxyl groups excluding tert-OH is 1. The summed E-state index contributed by atoms with van der Waals surface area (Å²) in [5.74, 6) is 0. The second kappa shape index (κ2) is 4.81. The molecule has 0 aromatic heterocycles. The van der Waals surface area contributed by atoms with E-state index < -0.39 is 5.60 Å². The van der Waals surface area contributed by atoms with E-state index in [1.807, 2.05) is 44.2 Å². The summed E-state index contributed by atoms with van der Waals surface area (Å²) in [7, 11) is 0.